The summed E-state index contributed by atoms with van der Waals surface area (Å²) in [5.41, 5.74) is 0. The Morgan fingerprint density at radius 3 is 0.920 bits per heavy atom. The summed E-state index contributed by atoms with van der Waals surface area (Å²) in [5, 5.41) is 4.28. The Morgan fingerprint density at radius 2 is 0.720 bits per heavy atom. The molecule has 0 aliphatic heterocycles. The van der Waals surface area contributed by atoms with Crippen molar-refractivity contribution in [1.29, 1.82) is 0 Å². The van der Waals surface area contributed by atoms with Crippen molar-refractivity contribution >= 4 is 23.2 Å². The maximum absolute atomic E-state index is 9.81. The molecule has 0 spiro atoms. The fraction of sp³-hybridized carbons (Fsp3) is 0.0526. The second-order valence-corrected chi connectivity index (χ2v) is 9.82. The molecule has 0 N–H and O–H groups in total. The van der Waals surface area contributed by atoms with E-state index in [0.717, 1.165) is 0 Å². The molecule has 3 rings (SSSR count). The molecule has 0 saturated heterocycles. The summed E-state index contributed by atoms with van der Waals surface area (Å²) < 4.78 is 39.2. The first kappa shape index (κ1) is 19.7. The summed E-state index contributed by atoms with van der Waals surface area (Å²) >= 11 is -6.50. The van der Waals surface area contributed by atoms with Crippen LogP contribution in [0.2, 0.25) is 0 Å². The molecule has 0 nitrogen and oxygen atoms in total. The number of hydrogen-bond acceptors (Lipinski definition) is 0. The molecule has 0 aliphatic rings. The average molecular weight is 409 g/mol. The molecule has 0 amide bonds. The molecule has 25 heavy (non-hydrogen) atoms. The van der Waals surface area contributed by atoms with Crippen LogP contribution in [0, 0.1) is 0 Å². The summed E-state index contributed by atoms with van der Waals surface area (Å²) in [6.07, 6.45) is 0. The van der Waals surface area contributed by atoms with Crippen molar-refractivity contribution in [3.8, 4) is 0 Å². The van der Waals surface area contributed by atoms with Gasteiger partial charge in [0, 0.05) is 0 Å². The zero-order valence-electron chi connectivity index (χ0n) is 13.5. The van der Waals surface area contributed by atoms with Gasteiger partial charge < -0.3 is 0 Å². The molecule has 0 radical (unpaired) electrons. The molecule has 135 valence electrons. The third kappa shape index (κ3) is 5.67. The SMILES string of the molecule is C[P+](c1ccccc1)(c1ccccc1)c1ccccc1.[F][Fe-]([F])([F])[F]. The quantitative estimate of drug-likeness (QED) is 0.314. The van der Waals surface area contributed by atoms with Crippen molar-refractivity contribution in [3.63, 3.8) is 0 Å². The van der Waals surface area contributed by atoms with Gasteiger partial charge >= 0.3 is 28.9 Å². The first-order chi connectivity index (χ1) is 11.8. The summed E-state index contributed by atoms with van der Waals surface area (Å²) in [5.74, 6) is 0. The van der Waals surface area contributed by atoms with E-state index in [-0.39, 0.29) is 0 Å². The van der Waals surface area contributed by atoms with E-state index in [1.54, 1.807) is 0 Å². The minimum absolute atomic E-state index is 1.43. The standard InChI is InChI=1S/C19H18P.4FH.Fe/c1-20(17-11-5-2-6-12-17,18-13-7-3-8-14-18)19-15-9-4-10-16-19;;;;;/h2-16H,1H3;4*1H;/q+1;;;;;+3/p-4. The Hall–Kier alpha value is -1.67. The Morgan fingerprint density at radius 1 is 0.520 bits per heavy atom. The Labute approximate surface area is 149 Å². The van der Waals surface area contributed by atoms with Crippen LogP contribution in [0.25, 0.3) is 0 Å². The van der Waals surface area contributed by atoms with Gasteiger partial charge in [-0.05, 0) is 36.4 Å². The Balaban J connectivity index is 0.000000399. The van der Waals surface area contributed by atoms with Gasteiger partial charge in [0.15, 0.2) is 0 Å². The van der Waals surface area contributed by atoms with Gasteiger partial charge in [0.2, 0.25) is 0 Å². The maximum atomic E-state index is 9.81. The summed E-state index contributed by atoms with van der Waals surface area (Å²) in [4.78, 5) is 0. The number of hydrogen-bond donors (Lipinski definition) is 0. The van der Waals surface area contributed by atoms with Gasteiger partial charge in [-0.15, -0.1) is 0 Å². The van der Waals surface area contributed by atoms with Crippen molar-refractivity contribution in [2.24, 2.45) is 0 Å². The van der Waals surface area contributed by atoms with Gasteiger partial charge in [-0.1, -0.05) is 54.6 Å². The summed E-state index contributed by atoms with van der Waals surface area (Å²) in [6, 6.07) is 32.6. The molecule has 0 unspecified atom stereocenters. The van der Waals surface area contributed by atoms with Crippen LogP contribution >= 0.6 is 7.26 Å². The monoisotopic (exact) mass is 409 g/mol. The molecular weight excluding hydrogens is 391 g/mol. The molecule has 3 aromatic carbocycles. The molecule has 0 heterocycles. The van der Waals surface area contributed by atoms with Crippen LogP contribution < -0.4 is 15.9 Å². The molecule has 6 heteroatoms. The topological polar surface area (TPSA) is 0 Å². The van der Waals surface area contributed by atoms with Gasteiger partial charge in [-0.3, -0.25) is 0 Å². The normalized spacial score (nSPS) is 12.0. The molecular formula is C19H18F4FeP. The molecule has 0 aromatic heterocycles. The molecule has 0 aliphatic carbocycles. The Bertz CT molecular complexity index is 659. The predicted octanol–water partition coefficient (Wildman–Crippen LogP) is 5.29. The van der Waals surface area contributed by atoms with E-state index >= 15 is 0 Å². The van der Waals surface area contributed by atoms with Gasteiger partial charge in [0.05, 0.1) is 6.66 Å². The zero-order chi connectivity index (χ0) is 18.3. The van der Waals surface area contributed by atoms with Crippen LogP contribution in [0.5, 0.6) is 0 Å². The first-order valence-corrected chi connectivity index (χ1v) is 11.3. The van der Waals surface area contributed by atoms with Crippen LogP contribution in [0.4, 0.5) is 14.2 Å². The fourth-order valence-electron chi connectivity index (χ4n) is 2.63. The fourth-order valence-corrected chi connectivity index (χ4v) is 5.83. The van der Waals surface area contributed by atoms with E-state index in [0.29, 0.717) is 0 Å². The van der Waals surface area contributed by atoms with E-state index in [4.69, 9.17) is 0 Å². The third-order valence-electron chi connectivity index (χ3n) is 3.82. The van der Waals surface area contributed by atoms with Crippen molar-refractivity contribution < 1.29 is 28.9 Å². The van der Waals surface area contributed by atoms with E-state index < -0.39 is 21.9 Å². The van der Waals surface area contributed by atoms with E-state index in [2.05, 4.69) is 97.7 Å². The van der Waals surface area contributed by atoms with Crippen LogP contribution in [-0.4, -0.2) is 6.66 Å². The van der Waals surface area contributed by atoms with Gasteiger partial charge in [-0.25, -0.2) is 0 Å². The minimum atomic E-state index is -6.50. The van der Waals surface area contributed by atoms with Crippen molar-refractivity contribution in [2.45, 2.75) is 0 Å². The van der Waals surface area contributed by atoms with Crippen molar-refractivity contribution in [3.05, 3.63) is 91.0 Å². The zero-order valence-corrected chi connectivity index (χ0v) is 15.5. The van der Waals surface area contributed by atoms with E-state index in [1.807, 2.05) is 0 Å². The van der Waals surface area contributed by atoms with Crippen molar-refractivity contribution in [2.75, 3.05) is 6.66 Å². The second kappa shape index (κ2) is 8.62. The number of rotatable bonds is 3. The molecule has 0 fully saturated rings. The second-order valence-electron chi connectivity index (χ2n) is 5.32. The summed E-state index contributed by atoms with van der Waals surface area (Å²) in [6.45, 7) is 2.41. The van der Waals surface area contributed by atoms with E-state index in [9.17, 15) is 14.2 Å². The molecule has 0 bridgehead atoms. The van der Waals surface area contributed by atoms with Crippen LogP contribution in [-0.2, 0) is 14.7 Å². The number of halogens is 4. The van der Waals surface area contributed by atoms with Gasteiger partial charge in [0.1, 0.15) is 23.2 Å². The van der Waals surface area contributed by atoms with Crippen LogP contribution in [0.3, 0.4) is 0 Å². The third-order valence-corrected chi connectivity index (χ3v) is 7.81. The average Bonchev–Trinajstić information content (AvgIpc) is 2.62. The van der Waals surface area contributed by atoms with Crippen LogP contribution in [0.15, 0.2) is 91.0 Å². The van der Waals surface area contributed by atoms with E-state index in [1.165, 1.54) is 15.9 Å². The summed E-state index contributed by atoms with van der Waals surface area (Å²) in [7, 11) is -1.53. The van der Waals surface area contributed by atoms with Crippen LogP contribution in [0.1, 0.15) is 0 Å². The Kier molecular flexibility index (Phi) is 6.78. The predicted molar refractivity (Wildman–Crippen MR) is 95.5 cm³/mol. The molecule has 0 saturated carbocycles. The first-order valence-electron chi connectivity index (χ1n) is 7.38. The van der Waals surface area contributed by atoms with Gasteiger partial charge in [0.25, 0.3) is 0 Å². The van der Waals surface area contributed by atoms with Crippen molar-refractivity contribution in [1.82, 2.24) is 0 Å². The molecule has 3 aromatic rings. The van der Waals surface area contributed by atoms with Gasteiger partial charge in [-0.2, -0.15) is 0 Å². The number of benzene rings is 3. The molecule has 0 atom stereocenters.